The van der Waals surface area contributed by atoms with Gasteiger partial charge in [-0.05, 0) is 38.4 Å². The summed E-state index contributed by atoms with van der Waals surface area (Å²) in [6.45, 7) is 7.91. The maximum absolute atomic E-state index is 4.66. The molecule has 26 heavy (non-hydrogen) atoms. The predicted octanol–water partition coefficient (Wildman–Crippen LogP) is 2.62. The van der Waals surface area contributed by atoms with Crippen LogP contribution >= 0.6 is 0 Å². The van der Waals surface area contributed by atoms with E-state index >= 15 is 0 Å². The van der Waals surface area contributed by atoms with E-state index in [1.54, 1.807) is 0 Å². The fourth-order valence-electron chi connectivity index (χ4n) is 3.22. The molecule has 1 aliphatic heterocycles. The molecule has 140 valence electrons. The number of nitrogens with one attached hydrogen (secondary N) is 3. The van der Waals surface area contributed by atoms with Crippen LogP contribution in [0.15, 0.2) is 41.5 Å². The summed E-state index contributed by atoms with van der Waals surface area (Å²) in [6.07, 6.45) is 5.91. The summed E-state index contributed by atoms with van der Waals surface area (Å²) in [7, 11) is 0. The van der Waals surface area contributed by atoms with Crippen molar-refractivity contribution in [1.82, 2.24) is 25.5 Å². The first-order valence-electron chi connectivity index (χ1n) is 9.69. The third-order valence-corrected chi connectivity index (χ3v) is 4.61. The molecule has 0 radical (unpaired) electrons. The van der Waals surface area contributed by atoms with E-state index in [1.807, 2.05) is 24.4 Å². The van der Waals surface area contributed by atoms with E-state index in [9.17, 15) is 0 Å². The normalized spacial score (nSPS) is 15.8. The first-order valence-corrected chi connectivity index (χ1v) is 9.69. The van der Waals surface area contributed by atoms with E-state index in [2.05, 4.69) is 49.6 Å². The van der Waals surface area contributed by atoms with Gasteiger partial charge in [0, 0.05) is 19.6 Å². The summed E-state index contributed by atoms with van der Waals surface area (Å²) < 4.78 is 0. The highest BCUT2D eigenvalue weighted by Crippen LogP contribution is 2.16. The number of piperidine rings is 1. The first kappa shape index (κ1) is 18.5. The van der Waals surface area contributed by atoms with Crippen molar-refractivity contribution in [3.8, 4) is 11.3 Å². The Balaban J connectivity index is 1.51. The van der Waals surface area contributed by atoms with E-state index in [1.165, 1.54) is 32.4 Å². The van der Waals surface area contributed by atoms with Gasteiger partial charge in [-0.3, -0.25) is 0 Å². The van der Waals surface area contributed by atoms with Crippen LogP contribution in [0.4, 0.5) is 0 Å². The maximum atomic E-state index is 4.66. The monoisotopic (exact) mass is 354 g/mol. The molecular weight excluding hydrogens is 324 g/mol. The van der Waals surface area contributed by atoms with Crippen molar-refractivity contribution in [2.45, 2.75) is 32.7 Å². The van der Waals surface area contributed by atoms with Crippen molar-refractivity contribution in [2.24, 2.45) is 4.99 Å². The van der Waals surface area contributed by atoms with Crippen molar-refractivity contribution >= 4 is 5.96 Å². The van der Waals surface area contributed by atoms with Crippen LogP contribution in [0, 0.1) is 0 Å². The molecule has 0 spiro atoms. The molecule has 1 aromatic heterocycles. The highest BCUT2D eigenvalue weighted by atomic mass is 15.2. The third kappa shape index (κ3) is 5.59. The Morgan fingerprint density at radius 2 is 1.96 bits per heavy atom. The molecule has 0 amide bonds. The van der Waals surface area contributed by atoms with E-state index < -0.39 is 0 Å². The summed E-state index contributed by atoms with van der Waals surface area (Å²) in [5.74, 6) is 1.72. The van der Waals surface area contributed by atoms with Gasteiger partial charge < -0.3 is 20.5 Å². The van der Waals surface area contributed by atoms with Crippen LogP contribution < -0.4 is 10.6 Å². The molecular formula is C20H30N6. The van der Waals surface area contributed by atoms with Gasteiger partial charge in [0.25, 0.3) is 0 Å². The number of H-pyrrole nitrogens is 1. The largest absolute Gasteiger partial charge is 0.357 e. The Morgan fingerprint density at radius 1 is 1.15 bits per heavy atom. The molecule has 1 aromatic carbocycles. The van der Waals surface area contributed by atoms with Crippen LogP contribution in [0.25, 0.3) is 11.3 Å². The summed E-state index contributed by atoms with van der Waals surface area (Å²) >= 11 is 0. The van der Waals surface area contributed by atoms with E-state index in [0.29, 0.717) is 6.54 Å². The minimum absolute atomic E-state index is 0.534. The average Bonchev–Trinajstić information content (AvgIpc) is 3.17. The average molecular weight is 355 g/mol. The number of aromatic nitrogens is 2. The zero-order chi connectivity index (χ0) is 18.0. The van der Waals surface area contributed by atoms with E-state index in [0.717, 1.165) is 42.7 Å². The van der Waals surface area contributed by atoms with Gasteiger partial charge in [-0.25, -0.2) is 9.98 Å². The fraction of sp³-hybridized carbons (Fsp3) is 0.500. The lowest BCUT2D eigenvalue weighted by Crippen LogP contribution is -2.42. The standard InChI is InChI=1S/C20H30N6/c1-2-21-20(22-11-14-26-12-7-4-8-13-26)24-16-19-23-15-18(25-19)17-9-5-3-6-10-17/h3,5-6,9-10,15H,2,4,7-8,11-14,16H2,1H3,(H,23,25)(H2,21,22,24). The Hall–Kier alpha value is -2.34. The van der Waals surface area contributed by atoms with Gasteiger partial charge >= 0.3 is 0 Å². The first-order chi connectivity index (χ1) is 12.8. The van der Waals surface area contributed by atoms with Crippen molar-refractivity contribution < 1.29 is 0 Å². The van der Waals surface area contributed by atoms with Crippen LogP contribution in [0.5, 0.6) is 0 Å². The van der Waals surface area contributed by atoms with Crippen LogP contribution in [-0.2, 0) is 6.54 Å². The van der Waals surface area contributed by atoms with Gasteiger partial charge in [0.15, 0.2) is 5.96 Å². The predicted molar refractivity (Wildman–Crippen MR) is 107 cm³/mol. The maximum Gasteiger partial charge on any atom is 0.191 e. The molecule has 1 aliphatic rings. The fourth-order valence-corrected chi connectivity index (χ4v) is 3.22. The van der Waals surface area contributed by atoms with Gasteiger partial charge in [0.2, 0.25) is 0 Å². The molecule has 0 bridgehead atoms. The number of likely N-dealkylation sites (tertiary alicyclic amines) is 1. The number of benzene rings is 1. The Labute approximate surface area is 156 Å². The molecule has 0 unspecified atom stereocenters. The minimum atomic E-state index is 0.534. The number of hydrogen-bond donors (Lipinski definition) is 3. The molecule has 0 saturated carbocycles. The zero-order valence-corrected chi connectivity index (χ0v) is 15.7. The highest BCUT2D eigenvalue weighted by Gasteiger charge is 2.09. The number of hydrogen-bond acceptors (Lipinski definition) is 3. The number of nitrogens with zero attached hydrogens (tertiary/aromatic N) is 3. The van der Waals surface area contributed by atoms with Crippen LogP contribution in [-0.4, -0.2) is 53.6 Å². The van der Waals surface area contributed by atoms with Crippen molar-refractivity contribution in [3.05, 3.63) is 42.4 Å². The number of rotatable bonds is 7. The van der Waals surface area contributed by atoms with Crippen molar-refractivity contribution in [3.63, 3.8) is 0 Å². The number of aliphatic imine (C=N–C) groups is 1. The summed E-state index contributed by atoms with van der Waals surface area (Å²) in [4.78, 5) is 15.0. The molecule has 0 atom stereocenters. The van der Waals surface area contributed by atoms with Gasteiger partial charge in [0.1, 0.15) is 12.4 Å². The summed E-state index contributed by atoms with van der Waals surface area (Å²) in [5, 5.41) is 6.74. The molecule has 1 saturated heterocycles. The van der Waals surface area contributed by atoms with E-state index in [-0.39, 0.29) is 0 Å². The minimum Gasteiger partial charge on any atom is -0.357 e. The number of aromatic amines is 1. The summed E-state index contributed by atoms with van der Waals surface area (Å²) in [5.41, 5.74) is 2.17. The topological polar surface area (TPSA) is 68.3 Å². The van der Waals surface area contributed by atoms with Crippen LogP contribution in [0.2, 0.25) is 0 Å². The smallest absolute Gasteiger partial charge is 0.191 e. The molecule has 2 heterocycles. The molecule has 0 aliphatic carbocycles. The van der Waals surface area contributed by atoms with E-state index in [4.69, 9.17) is 0 Å². The molecule has 6 heteroatoms. The number of guanidine groups is 1. The SMILES string of the molecule is CCNC(=NCc1ncc(-c2ccccc2)[nH]1)NCCN1CCCCC1. The summed E-state index contributed by atoms with van der Waals surface area (Å²) in [6, 6.07) is 10.2. The van der Waals surface area contributed by atoms with Crippen LogP contribution in [0.1, 0.15) is 32.0 Å². The lowest BCUT2D eigenvalue weighted by molar-refractivity contribution is 0.232. The molecule has 3 rings (SSSR count). The highest BCUT2D eigenvalue weighted by molar-refractivity contribution is 5.79. The Kier molecular flexibility index (Phi) is 7.07. The molecule has 2 aromatic rings. The van der Waals surface area contributed by atoms with Gasteiger partial charge in [0.05, 0.1) is 11.9 Å². The van der Waals surface area contributed by atoms with Crippen LogP contribution in [0.3, 0.4) is 0 Å². The van der Waals surface area contributed by atoms with Crippen molar-refractivity contribution in [2.75, 3.05) is 32.7 Å². The molecule has 3 N–H and O–H groups in total. The van der Waals surface area contributed by atoms with Crippen molar-refractivity contribution in [1.29, 1.82) is 0 Å². The molecule has 6 nitrogen and oxygen atoms in total. The molecule has 1 fully saturated rings. The lowest BCUT2D eigenvalue weighted by Gasteiger charge is -2.26. The third-order valence-electron chi connectivity index (χ3n) is 4.61. The van der Waals surface area contributed by atoms with Gasteiger partial charge in [-0.2, -0.15) is 0 Å². The second-order valence-electron chi connectivity index (χ2n) is 6.63. The second kappa shape index (κ2) is 9.97. The van der Waals surface area contributed by atoms with Gasteiger partial charge in [-0.15, -0.1) is 0 Å². The second-order valence-corrected chi connectivity index (χ2v) is 6.63. The lowest BCUT2D eigenvalue weighted by atomic mass is 10.1. The quantitative estimate of drug-likeness (QED) is 0.528. The zero-order valence-electron chi connectivity index (χ0n) is 15.7. The van der Waals surface area contributed by atoms with Gasteiger partial charge in [-0.1, -0.05) is 36.8 Å². The number of imidazole rings is 1. The Bertz CT molecular complexity index is 673. The Morgan fingerprint density at radius 3 is 2.73 bits per heavy atom.